The zero-order chi connectivity index (χ0) is 14.4. The van der Waals surface area contributed by atoms with Crippen molar-refractivity contribution in [1.82, 2.24) is 10.2 Å². The first-order chi connectivity index (χ1) is 9.66. The molecule has 2 aliphatic rings. The number of allylic oxidation sites excluding steroid dienone is 1. The lowest BCUT2D eigenvalue weighted by molar-refractivity contribution is -0.133. The first-order valence-electron chi connectivity index (χ1n) is 8.35. The molecule has 1 saturated heterocycles. The van der Waals surface area contributed by atoms with Crippen molar-refractivity contribution >= 4 is 5.91 Å². The molecule has 1 fully saturated rings. The summed E-state index contributed by atoms with van der Waals surface area (Å²) in [7, 11) is 0. The highest BCUT2D eigenvalue weighted by atomic mass is 16.2. The molecule has 1 heterocycles. The van der Waals surface area contributed by atoms with Crippen molar-refractivity contribution < 1.29 is 4.79 Å². The van der Waals surface area contributed by atoms with Crippen LogP contribution in [0.15, 0.2) is 11.6 Å². The molecular formula is C17H30N2O. The molecule has 1 aliphatic carbocycles. The van der Waals surface area contributed by atoms with Crippen LogP contribution in [0.4, 0.5) is 0 Å². The van der Waals surface area contributed by atoms with Crippen LogP contribution >= 0.6 is 0 Å². The molecule has 0 aromatic rings. The molecule has 3 heteroatoms. The van der Waals surface area contributed by atoms with Gasteiger partial charge in [0, 0.05) is 19.0 Å². The molecule has 0 radical (unpaired) electrons. The van der Waals surface area contributed by atoms with Crippen molar-refractivity contribution in [3.63, 3.8) is 0 Å². The van der Waals surface area contributed by atoms with E-state index in [4.69, 9.17) is 0 Å². The molecule has 1 N–H and O–H groups in total. The van der Waals surface area contributed by atoms with E-state index in [2.05, 4.69) is 30.1 Å². The fourth-order valence-electron chi connectivity index (χ4n) is 3.32. The number of amides is 1. The summed E-state index contributed by atoms with van der Waals surface area (Å²) in [6.45, 7) is 7.42. The Bertz CT molecular complexity index is 343. The molecule has 1 atom stereocenters. The summed E-state index contributed by atoms with van der Waals surface area (Å²) in [4.78, 5) is 14.7. The van der Waals surface area contributed by atoms with Crippen LogP contribution in [0.2, 0.25) is 0 Å². The number of piperidine rings is 1. The van der Waals surface area contributed by atoms with Crippen molar-refractivity contribution in [1.29, 1.82) is 0 Å². The van der Waals surface area contributed by atoms with Crippen LogP contribution in [0.3, 0.4) is 0 Å². The molecule has 2 rings (SSSR count). The molecule has 1 amide bonds. The summed E-state index contributed by atoms with van der Waals surface area (Å²) in [5.74, 6) is 0.967. The third-order valence-electron chi connectivity index (χ3n) is 4.56. The van der Waals surface area contributed by atoms with Gasteiger partial charge in [-0.1, -0.05) is 11.6 Å². The van der Waals surface area contributed by atoms with Gasteiger partial charge < -0.3 is 10.2 Å². The number of carbonyl (C=O) groups is 1. The normalized spacial score (nSPS) is 23.6. The van der Waals surface area contributed by atoms with Gasteiger partial charge >= 0.3 is 0 Å². The molecule has 3 nitrogen and oxygen atoms in total. The average Bonchev–Trinajstić information content (AvgIpc) is 2.46. The molecule has 0 aromatic carbocycles. The van der Waals surface area contributed by atoms with E-state index < -0.39 is 0 Å². The largest absolute Gasteiger partial charge is 0.340 e. The minimum Gasteiger partial charge on any atom is -0.340 e. The first-order valence-corrected chi connectivity index (χ1v) is 8.35. The standard InChI is InChI=1S/C17H30N2O/c1-14(2)19(13-16-9-6-10-18-12-16)17(20)11-15-7-4-3-5-8-15/h7,14,16,18H,3-6,8-13H2,1-2H3. The molecule has 1 unspecified atom stereocenters. The van der Waals surface area contributed by atoms with Gasteiger partial charge in [-0.3, -0.25) is 4.79 Å². The highest BCUT2D eigenvalue weighted by Crippen LogP contribution is 2.22. The minimum atomic E-state index is 0.314. The number of hydrogen-bond acceptors (Lipinski definition) is 2. The van der Waals surface area contributed by atoms with Crippen LogP contribution in [0, 0.1) is 5.92 Å². The molecule has 20 heavy (non-hydrogen) atoms. The van der Waals surface area contributed by atoms with E-state index >= 15 is 0 Å². The number of nitrogens with zero attached hydrogens (tertiary/aromatic N) is 1. The van der Waals surface area contributed by atoms with Gasteiger partial charge in [0.1, 0.15) is 0 Å². The fraction of sp³-hybridized carbons (Fsp3) is 0.824. The lowest BCUT2D eigenvalue weighted by Crippen LogP contribution is -2.44. The maximum atomic E-state index is 12.6. The van der Waals surface area contributed by atoms with Gasteiger partial charge in [-0.2, -0.15) is 0 Å². The third-order valence-corrected chi connectivity index (χ3v) is 4.56. The Hall–Kier alpha value is -0.830. The van der Waals surface area contributed by atoms with Gasteiger partial charge in [-0.05, 0) is 71.4 Å². The number of carbonyl (C=O) groups excluding carboxylic acids is 1. The SMILES string of the molecule is CC(C)N(CC1CCCNC1)C(=O)CC1=CCCCC1. The summed E-state index contributed by atoms with van der Waals surface area (Å²) in [6, 6.07) is 0.314. The van der Waals surface area contributed by atoms with Gasteiger partial charge in [0.15, 0.2) is 0 Å². The zero-order valence-electron chi connectivity index (χ0n) is 13.2. The lowest BCUT2D eigenvalue weighted by atomic mass is 9.95. The van der Waals surface area contributed by atoms with Gasteiger partial charge in [-0.15, -0.1) is 0 Å². The Kier molecular flexibility index (Phi) is 6.08. The molecule has 1 aliphatic heterocycles. The first kappa shape index (κ1) is 15.6. The Morgan fingerprint density at radius 2 is 2.25 bits per heavy atom. The van der Waals surface area contributed by atoms with E-state index in [-0.39, 0.29) is 0 Å². The minimum absolute atomic E-state index is 0.314. The second kappa shape index (κ2) is 7.82. The Morgan fingerprint density at radius 1 is 1.40 bits per heavy atom. The summed E-state index contributed by atoms with van der Waals surface area (Å²) < 4.78 is 0. The second-order valence-electron chi connectivity index (χ2n) is 6.64. The van der Waals surface area contributed by atoms with Crippen molar-refractivity contribution in [2.24, 2.45) is 5.92 Å². The Balaban J connectivity index is 1.89. The van der Waals surface area contributed by atoms with Crippen molar-refractivity contribution in [2.75, 3.05) is 19.6 Å². The number of nitrogens with one attached hydrogen (secondary N) is 1. The number of hydrogen-bond donors (Lipinski definition) is 1. The van der Waals surface area contributed by atoms with Gasteiger partial charge in [0.05, 0.1) is 0 Å². The second-order valence-corrected chi connectivity index (χ2v) is 6.64. The van der Waals surface area contributed by atoms with E-state index in [1.165, 1.54) is 31.3 Å². The van der Waals surface area contributed by atoms with Crippen LogP contribution in [0.1, 0.15) is 58.8 Å². The third kappa shape index (κ3) is 4.62. The number of rotatable bonds is 5. The predicted molar refractivity (Wildman–Crippen MR) is 83.6 cm³/mol. The van der Waals surface area contributed by atoms with Crippen molar-refractivity contribution in [3.05, 3.63) is 11.6 Å². The monoisotopic (exact) mass is 278 g/mol. The predicted octanol–water partition coefficient (Wildman–Crippen LogP) is 3.11. The zero-order valence-corrected chi connectivity index (χ0v) is 13.2. The smallest absolute Gasteiger partial charge is 0.226 e. The van der Waals surface area contributed by atoms with Crippen LogP contribution < -0.4 is 5.32 Å². The van der Waals surface area contributed by atoms with Gasteiger partial charge in [0.25, 0.3) is 0 Å². The van der Waals surface area contributed by atoms with Crippen LogP contribution in [-0.2, 0) is 4.79 Å². The highest BCUT2D eigenvalue weighted by molar-refractivity contribution is 5.79. The quantitative estimate of drug-likeness (QED) is 0.784. The lowest BCUT2D eigenvalue weighted by Gasteiger charge is -2.33. The van der Waals surface area contributed by atoms with E-state index in [0.29, 0.717) is 24.3 Å². The molecule has 0 spiro atoms. The molecule has 0 bridgehead atoms. The maximum absolute atomic E-state index is 12.6. The highest BCUT2D eigenvalue weighted by Gasteiger charge is 2.23. The molecular weight excluding hydrogens is 248 g/mol. The van der Waals surface area contributed by atoms with Crippen LogP contribution in [0.5, 0.6) is 0 Å². The molecule has 114 valence electrons. The van der Waals surface area contributed by atoms with Crippen LogP contribution in [-0.4, -0.2) is 36.5 Å². The summed E-state index contributed by atoms with van der Waals surface area (Å²) in [6.07, 6.45) is 10.3. The summed E-state index contributed by atoms with van der Waals surface area (Å²) >= 11 is 0. The fourth-order valence-corrected chi connectivity index (χ4v) is 3.32. The van der Waals surface area contributed by atoms with Gasteiger partial charge in [0.2, 0.25) is 5.91 Å². The average molecular weight is 278 g/mol. The molecule has 0 saturated carbocycles. The van der Waals surface area contributed by atoms with E-state index in [0.717, 1.165) is 32.5 Å². The van der Waals surface area contributed by atoms with E-state index in [9.17, 15) is 4.79 Å². The van der Waals surface area contributed by atoms with Crippen molar-refractivity contribution in [3.8, 4) is 0 Å². The van der Waals surface area contributed by atoms with E-state index in [1.54, 1.807) is 0 Å². The van der Waals surface area contributed by atoms with E-state index in [1.807, 2.05) is 0 Å². The molecule has 0 aromatic heterocycles. The van der Waals surface area contributed by atoms with Crippen molar-refractivity contribution in [2.45, 2.75) is 64.8 Å². The topological polar surface area (TPSA) is 32.3 Å². The Labute approximate surface area is 123 Å². The Morgan fingerprint density at radius 3 is 2.85 bits per heavy atom. The summed E-state index contributed by atoms with van der Waals surface area (Å²) in [5, 5.41) is 3.45. The van der Waals surface area contributed by atoms with Crippen LogP contribution in [0.25, 0.3) is 0 Å². The maximum Gasteiger partial charge on any atom is 0.226 e. The van der Waals surface area contributed by atoms with Gasteiger partial charge in [-0.25, -0.2) is 0 Å². The summed E-state index contributed by atoms with van der Waals surface area (Å²) in [5.41, 5.74) is 1.37.